The monoisotopic (exact) mass is 516 g/mol. The predicted molar refractivity (Wildman–Crippen MR) is 125 cm³/mol. The molecule has 0 bridgehead atoms. The van der Waals surface area contributed by atoms with E-state index in [1.165, 1.54) is 11.1 Å². The van der Waals surface area contributed by atoms with Crippen LogP contribution in [0.1, 0.15) is 11.1 Å². The average Bonchev–Trinajstić information content (AvgIpc) is 3.03. The molecule has 0 aromatic heterocycles. The summed E-state index contributed by atoms with van der Waals surface area (Å²) in [5.74, 6) is -0.540. The maximum atomic E-state index is 12.9. The Kier molecular flexibility index (Phi) is 6.32. The van der Waals surface area contributed by atoms with Gasteiger partial charge in [0.25, 0.3) is 11.8 Å². The Labute approximate surface area is 197 Å². The average molecular weight is 518 g/mol. The Morgan fingerprint density at radius 1 is 1.00 bits per heavy atom. The smallest absolute Gasteiger partial charge is 0.282 e. The van der Waals surface area contributed by atoms with E-state index in [9.17, 15) is 9.59 Å². The van der Waals surface area contributed by atoms with Crippen LogP contribution in [0.4, 0.5) is 5.69 Å². The molecule has 1 saturated heterocycles. The molecule has 1 fully saturated rings. The first kappa shape index (κ1) is 21.4. The first-order chi connectivity index (χ1) is 14.9. The van der Waals surface area contributed by atoms with Crippen molar-refractivity contribution in [1.29, 1.82) is 0 Å². The SMILES string of the molecule is O=C1NN(c2ccccc2)C(=O)/C1=C\c1cc(Cl)cc(Br)c1OCc1ccccc1Cl. The van der Waals surface area contributed by atoms with E-state index >= 15 is 0 Å². The fourth-order valence-electron chi connectivity index (χ4n) is 3.08. The molecule has 1 aliphatic heterocycles. The number of hydrogen-bond donors (Lipinski definition) is 1. The molecule has 3 aromatic carbocycles. The van der Waals surface area contributed by atoms with E-state index < -0.39 is 11.8 Å². The summed E-state index contributed by atoms with van der Waals surface area (Å²) in [6.45, 7) is 0.201. The molecule has 0 saturated carbocycles. The van der Waals surface area contributed by atoms with Crippen molar-refractivity contribution in [3.63, 3.8) is 0 Å². The second-order valence-corrected chi connectivity index (χ2v) is 8.36. The third-order valence-corrected chi connectivity index (χ3v) is 5.75. The number of carbonyl (C=O) groups excluding carboxylic acids is 2. The van der Waals surface area contributed by atoms with Gasteiger partial charge in [-0.25, -0.2) is 5.01 Å². The van der Waals surface area contributed by atoms with E-state index in [1.54, 1.807) is 42.5 Å². The fraction of sp³-hybridized carbons (Fsp3) is 0.0435. The molecule has 0 aliphatic carbocycles. The van der Waals surface area contributed by atoms with Crippen LogP contribution in [0.15, 0.2) is 76.8 Å². The third kappa shape index (κ3) is 4.61. The van der Waals surface area contributed by atoms with Crippen molar-refractivity contribution in [1.82, 2.24) is 5.43 Å². The van der Waals surface area contributed by atoms with Gasteiger partial charge >= 0.3 is 0 Å². The molecule has 4 rings (SSSR count). The minimum atomic E-state index is -0.512. The zero-order valence-corrected chi connectivity index (χ0v) is 19.0. The summed E-state index contributed by atoms with van der Waals surface area (Å²) >= 11 is 15.9. The van der Waals surface area contributed by atoms with Crippen molar-refractivity contribution in [2.45, 2.75) is 6.61 Å². The Morgan fingerprint density at radius 3 is 2.45 bits per heavy atom. The van der Waals surface area contributed by atoms with Gasteiger partial charge in [-0.15, -0.1) is 0 Å². The van der Waals surface area contributed by atoms with E-state index in [-0.39, 0.29) is 12.2 Å². The number of hydrogen-bond acceptors (Lipinski definition) is 3. The second-order valence-electron chi connectivity index (χ2n) is 6.66. The molecule has 3 aromatic rings. The minimum Gasteiger partial charge on any atom is -0.487 e. The summed E-state index contributed by atoms with van der Waals surface area (Å²) in [4.78, 5) is 25.4. The van der Waals surface area contributed by atoms with Gasteiger partial charge in [0, 0.05) is 21.2 Å². The van der Waals surface area contributed by atoms with Crippen LogP contribution in [-0.4, -0.2) is 11.8 Å². The molecule has 2 amide bonds. The van der Waals surface area contributed by atoms with Crippen LogP contribution in [0.3, 0.4) is 0 Å². The van der Waals surface area contributed by atoms with Crippen LogP contribution < -0.4 is 15.2 Å². The maximum absolute atomic E-state index is 12.9. The highest BCUT2D eigenvalue weighted by Gasteiger charge is 2.34. The highest BCUT2D eigenvalue weighted by molar-refractivity contribution is 9.10. The molecule has 0 radical (unpaired) electrons. The van der Waals surface area contributed by atoms with Crippen LogP contribution in [0.2, 0.25) is 10.0 Å². The van der Waals surface area contributed by atoms with Gasteiger partial charge in [-0.2, -0.15) is 0 Å². The van der Waals surface area contributed by atoms with Crippen LogP contribution >= 0.6 is 39.1 Å². The van der Waals surface area contributed by atoms with Crippen molar-refractivity contribution in [2.75, 3.05) is 5.01 Å². The molecule has 8 heteroatoms. The number of carbonyl (C=O) groups is 2. The summed E-state index contributed by atoms with van der Waals surface area (Å²) in [6.07, 6.45) is 1.47. The van der Waals surface area contributed by atoms with E-state index in [1.807, 2.05) is 24.3 Å². The standard InChI is InChI=1S/C23H15BrCl2N2O3/c24-19-12-16(25)10-15(21(19)31-13-14-6-4-5-9-20(14)26)11-18-22(29)27-28(23(18)30)17-7-2-1-3-8-17/h1-12H,13H2,(H,27,29)/b18-11-. The lowest BCUT2D eigenvalue weighted by Crippen LogP contribution is -2.35. The van der Waals surface area contributed by atoms with Gasteiger partial charge in [-0.1, -0.05) is 59.6 Å². The number of ether oxygens (including phenoxy) is 1. The van der Waals surface area contributed by atoms with E-state index in [0.29, 0.717) is 31.5 Å². The summed E-state index contributed by atoms with van der Waals surface area (Å²) < 4.78 is 6.58. The normalized spacial score (nSPS) is 14.8. The van der Waals surface area contributed by atoms with Gasteiger partial charge in [0.05, 0.1) is 10.2 Å². The van der Waals surface area contributed by atoms with Crippen molar-refractivity contribution in [3.8, 4) is 5.75 Å². The molecule has 5 nitrogen and oxygen atoms in total. The lowest BCUT2D eigenvalue weighted by molar-refractivity contribution is -0.117. The number of rotatable bonds is 5. The van der Waals surface area contributed by atoms with Gasteiger partial charge in [-0.3, -0.25) is 15.0 Å². The number of anilines is 1. The van der Waals surface area contributed by atoms with E-state index in [4.69, 9.17) is 27.9 Å². The second kappa shape index (κ2) is 9.14. The number of nitrogens with one attached hydrogen (secondary N) is 1. The maximum Gasteiger partial charge on any atom is 0.282 e. The molecule has 1 aliphatic rings. The number of amides is 2. The molecule has 0 spiro atoms. The number of halogens is 3. The van der Waals surface area contributed by atoms with Gasteiger partial charge in [-0.05, 0) is 52.3 Å². The number of hydrazine groups is 1. The van der Waals surface area contributed by atoms with Crippen LogP contribution in [0, 0.1) is 0 Å². The molecule has 1 heterocycles. The lowest BCUT2D eigenvalue weighted by Gasteiger charge is -2.14. The van der Waals surface area contributed by atoms with Crippen molar-refractivity contribution in [3.05, 3.63) is 97.9 Å². The molecular weight excluding hydrogens is 503 g/mol. The van der Waals surface area contributed by atoms with E-state index in [0.717, 1.165) is 5.56 Å². The van der Waals surface area contributed by atoms with Crippen LogP contribution in [0.25, 0.3) is 6.08 Å². The van der Waals surface area contributed by atoms with Gasteiger partial charge in [0.15, 0.2) is 0 Å². The molecule has 0 atom stereocenters. The Morgan fingerprint density at radius 2 is 1.71 bits per heavy atom. The lowest BCUT2D eigenvalue weighted by atomic mass is 10.1. The summed E-state index contributed by atoms with van der Waals surface area (Å²) in [5, 5.41) is 2.21. The van der Waals surface area contributed by atoms with Gasteiger partial charge in [0.2, 0.25) is 0 Å². The molecule has 156 valence electrons. The van der Waals surface area contributed by atoms with Gasteiger partial charge < -0.3 is 4.74 Å². The highest BCUT2D eigenvalue weighted by Crippen LogP contribution is 2.36. The first-order valence-electron chi connectivity index (χ1n) is 9.21. The number of para-hydroxylation sites is 1. The quantitative estimate of drug-likeness (QED) is 0.344. The fourth-order valence-corrected chi connectivity index (χ4v) is 4.22. The summed E-state index contributed by atoms with van der Waals surface area (Å²) in [6, 6.07) is 19.5. The zero-order chi connectivity index (χ0) is 22.0. The molecular formula is C23H15BrCl2N2O3. The largest absolute Gasteiger partial charge is 0.487 e. The van der Waals surface area contributed by atoms with Gasteiger partial charge in [0.1, 0.15) is 17.9 Å². The highest BCUT2D eigenvalue weighted by atomic mass is 79.9. The molecule has 1 N–H and O–H groups in total. The zero-order valence-electron chi connectivity index (χ0n) is 15.9. The van der Waals surface area contributed by atoms with Crippen LogP contribution in [0.5, 0.6) is 5.75 Å². The summed E-state index contributed by atoms with van der Waals surface area (Å²) in [7, 11) is 0. The first-order valence-corrected chi connectivity index (χ1v) is 10.8. The van der Waals surface area contributed by atoms with Crippen molar-refractivity contribution < 1.29 is 14.3 Å². The van der Waals surface area contributed by atoms with Crippen LogP contribution in [-0.2, 0) is 16.2 Å². The Bertz CT molecular complexity index is 1200. The predicted octanol–water partition coefficient (Wildman–Crippen LogP) is 5.80. The minimum absolute atomic E-state index is 0.0272. The summed E-state index contributed by atoms with van der Waals surface area (Å²) in [5.41, 5.74) is 4.40. The molecule has 0 unspecified atom stereocenters. The topological polar surface area (TPSA) is 58.6 Å². The Balaban J connectivity index is 1.67. The third-order valence-electron chi connectivity index (χ3n) is 4.57. The van der Waals surface area contributed by atoms with Crippen molar-refractivity contribution in [2.24, 2.45) is 0 Å². The molecule has 31 heavy (non-hydrogen) atoms. The Hall–Kier alpha value is -2.80. The van der Waals surface area contributed by atoms with Crippen molar-refractivity contribution >= 4 is 62.7 Å². The van der Waals surface area contributed by atoms with E-state index in [2.05, 4.69) is 21.4 Å². The number of nitrogens with zero attached hydrogens (tertiary/aromatic N) is 1. The number of benzene rings is 3.